The van der Waals surface area contributed by atoms with E-state index in [-0.39, 0.29) is 12.1 Å². The first-order valence-electron chi connectivity index (χ1n) is 5.95. The number of nitrogens with zero attached hydrogens (tertiary/aromatic N) is 3. The highest BCUT2D eigenvalue weighted by Gasteiger charge is 2.11. The van der Waals surface area contributed by atoms with Crippen LogP contribution in [-0.2, 0) is 13.1 Å². The molecule has 0 saturated heterocycles. The van der Waals surface area contributed by atoms with E-state index in [2.05, 4.69) is 34.7 Å². The Morgan fingerprint density at radius 2 is 2.18 bits per heavy atom. The molecule has 0 saturated carbocycles. The van der Waals surface area contributed by atoms with E-state index in [4.69, 9.17) is 0 Å². The van der Waals surface area contributed by atoms with Crippen molar-refractivity contribution in [2.75, 3.05) is 0 Å². The van der Waals surface area contributed by atoms with Gasteiger partial charge < -0.3 is 15.2 Å². The summed E-state index contributed by atoms with van der Waals surface area (Å²) in [6.07, 6.45) is 1.66. The first-order chi connectivity index (χ1) is 8.04. The maximum absolute atomic E-state index is 11.6. The summed E-state index contributed by atoms with van der Waals surface area (Å²) < 4.78 is 1.89. The third-order valence-corrected chi connectivity index (χ3v) is 2.80. The van der Waals surface area contributed by atoms with E-state index in [1.165, 1.54) is 0 Å². The molecule has 1 aromatic heterocycles. The quantitative estimate of drug-likeness (QED) is 0.809. The summed E-state index contributed by atoms with van der Waals surface area (Å²) in [6.45, 7) is 9.32. The van der Waals surface area contributed by atoms with Gasteiger partial charge in [-0.05, 0) is 19.8 Å². The second-order valence-corrected chi connectivity index (χ2v) is 4.39. The zero-order chi connectivity index (χ0) is 12.8. The van der Waals surface area contributed by atoms with Crippen molar-refractivity contribution in [2.24, 2.45) is 5.92 Å². The molecule has 2 N–H and O–H groups in total. The van der Waals surface area contributed by atoms with Crippen LogP contribution in [0.4, 0.5) is 4.79 Å². The van der Waals surface area contributed by atoms with E-state index in [1.54, 1.807) is 6.33 Å². The third kappa shape index (κ3) is 4.05. The number of carbonyl (C=O) groups is 1. The van der Waals surface area contributed by atoms with Gasteiger partial charge in [-0.15, -0.1) is 10.2 Å². The van der Waals surface area contributed by atoms with Gasteiger partial charge in [0.2, 0.25) is 0 Å². The van der Waals surface area contributed by atoms with Crippen LogP contribution in [0.1, 0.15) is 33.5 Å². The van der Waals surface area contributed by atoms with E-state index >= 15 is 0 Å². The molecule has 0 aliphatic heterocycles. The van der Waals surface area contributed by atoms with Gasteiger partial charge in [0.25, 0.3) is 0 Å². The van der Waals surface area contributed by atoms with Crippen LogP contribution in [0.5, 0.6) is 0 Å². The largest absolute Gasteiger partial charge is 0.335 e. The summed E-state index contributed by atoms with van der Waals surface area (Å²) in [5.41, 5.74) is 0. The first kappa shape index (κ1) is 13.5. The van der Waals surface area contributed by atoms with Gasteiger partial charge in [0.15, 0.2) is 5.82 Å². The zero-order valence-electron chi connectivity index (χ0n) is 10.9. The molecule has 2 amide bonds. The van der Waals surface area contributed by atoms with Crippen LogP contribution >= 0.6 is 0 Å². The Labute approximate surface area is 102 Å². The maximum Gasteiger partial charge on any atom is 0.315 e. The number of carbonyl (C=O) groups excluding carboxylic acids is 1. The van der Waals surface area contributed by atoms with Gasteiger partial charge in [-0.1, -0.05) is 13.8 Å². The number of urea groups is 1. The molecule has 96 valence electrons. The molecule has 0 radical (unpaired) electrons. The van der Waals surface area contributed by atoms with Gasteiger partial charge in [-0.2, -0.15) is 0 Å². The standard InChI is InChI=1S/C11H21N5O/c1-5-16-7-13-15-10(16)6-12-11(17)14-9(4)8(2)3/h7-9H,5-6H2,1-4H3,(H2,12,14,17). The van der Waals surface area contributed by atoms with Crippen molar-refractivity contribution in [3.05, 3.63) is 12.2 Å². The number of aromatic nitrogens is 3. The molecular weight excluding hydrogens is 218 g/mol. The fraction of sp³-hybridized carbons (Fsp3) is 0.727. The Balaban J connectivity index is 2.38. The van der Waals surface area contributed by atoms with Crippen molar-refractivity contribution in [2.45, 2.75) is 46.8 Å². The number of hydrogen-bond acceptors (Lipinski definition) is 3. The molecule has 17 heavy (non-hydrogen) atoms. The van der Waals surface area contributed by atoms with E-state index in [0.29, 0.717) is 12.5 Å². The lowest BCUT2D eigenvalue weighted by Crippen LogP contribution is -2.42. The number of nitrogens with one attached hydrogen (secondary N) is 2. The van der Waals surface area contributed by atoms with Crippen molar-refractivity contribution in [1.29, 1.82) is 0 Å². The zero-order valence-corrected chi connectivity index (χ0v) is 10.9. The minimum atomic E-state index is -0.170. The van der Waals surface area contributed by atoms with Gasteiger partial charge in [0.05, 0.1) is 6.54 Å². The molecule has 6 nitrogen and oxygen atoms in total. The molecule has 1 unspecified atom stereocenters. The second kappa shape index (κ2) is 6.22. The Bertz CT molecular complexity index is 360. The molecule has 1 atom stereocenters. The Morgan fingerprint density at radius 1 is 1.47 bits per heavy atom. The minimum Gasteiger partial charge on any atom is -0.335 e. The average Bonchev–Trinajstić information content (AvgIpc) is 2.73. The van der Waals surface area contributed by atoms with Gasteiger partial charge in [-0.3, -0.25) is 0 Å². The Hall–Kier alpha value is -1.59. The molecular formula is C11H21N5O. The second-order valence-electron chi connectivity index (χ2n) is 4.39. The fourth-order valence-electron chi connectivity index (χ4n) is 1.26. The smallest absolute Gasteiger partial charge is 0.315 e. The fourth-order valence-corrected chi connectivity index (χ4v) is 1.26. The van der Waals surface area contributed by atoms with Gasteiger partial charge in [0.1, 0.15) is 6.33 Å². The number of amides is 2. The summed E-state index contributed by atoms with van der Waals surface area (Å²) in [4.78, 5) is 11.6. The van der Waals surface area contributed by atoms with Crippen LogP contribution in [0.3, 0.4) is 0 Å². The maximum atomic E-state index is 11.6. The highest BCUT2D eigenvalue weighted by Crippen LogP contribution is 1.99. The van der Waals surface area contributed by atoms with Gasteiger partial charge in [-0.25, -0.2) is 4.79 Å². The SMILES string of the molecule is CCn1cnnc1CNC(=O)NC(C)C(C)C. The molecule has 1 heterocycles. The van der Waals surface area contributed by atoms with E-state index < -0.39 is 0 Å². The van der Waals surface area contributed by atoms with E-state index in [9.17, 15) is 4.79 Å². The van der Waals surface area contributed by atoms with Crippen molar-refractivity contribution >= 4 is 6.03 Å². The topological polar surface area (TPSA) is 71.8 Å². The number of rotatable bonds is 5. The third-order valence-electron chi connectivity index (χ3n) is 2.80. The van der Waals surface area contributed by atoms with Crippen LogP contribution in [0.15, 0.2) is 6.33 Å². The molecule has 0 fully saturated rings. The van der Waals surface area contributed by atoms with Gasteiger partial charge >= 0.3 is 6.03 Å². The summed E-state index contributed by atoms with van der Waals surface area (Å²) >= 11 is 0. The molecule has 1 aromatic rings. The number of aryl methyl sites for hydroxylation is 1. The lowest BCUT2D eigenvalue weighted by Gasteiger charge is -2.17. The Kier molecular flexibility index (Phi) is 4.93. The van der Waals surface area contributed by atoms with Crippen molar-refractivity contribution in [1.82, 2.24) is 25.4 Å². The molecule has 0 spiro atoms. The number of hydrogen-bond donors (Lipinski definition) is 2. The molecule has 1 rings (SSSR count). The lowest BCUT2D eigenvalue weighted by atomic mass is 10.1. The van der Waals surface area contributed by atoms with Crippen LogP contribution in [-0.4, -0.2) is 26.8 Å². The van der Waals surface area contributed by atoms with Crippen LogP contribution in [0.2, 0.25) is 0 Å². The molecule has 0 aromatic carbocycles. The lowest BCUT2D eigenvalue weighted by molar-refractivity contribution is 0.233. The normalized spacial score (nSPS) is 12.5. The monoisotopic (exact) mass is 239 g/mol. The first-order valence-corrected chi connectivity index (χ1v) is 5.95. The van der Waals surface area contributed by atoms with Crippen LogP contribution < -0.4 is 10.6 Å². The van der Waals surface area contributed by atoms with Crippen molar-refractivity contribution in [3.8, 4) is 0 Å². The van der Waals surface area contributed by atoms with Crippen molar-refractivity contribution < 1.29 is 4.79 Å². The summed E-state index contributed by atoms with van der Waals surface area (Å²) in [7, 11) is 0. The minimum absolute atomic E-state index is 0.152. The molecule has 0 bridgehead atoms. The molecule has 0 aliphatic rings. The predicted octanol–water partition coefficient (Wildman–Crippen LogP) is 1.14. The highest BCUT2D eigenvalue weighted by molar-refractivity contribution is 5.74. The van der Waals surface area contributed by atoms with E-state index in [1.807, 2.05) is 18.4 Å². The van der Waals surface area contributed by atoms with Crippen LogP contribution in [0, 0.1) is 5.92 Å². The predicted molar refractivity (Wildman–Crippen MR) is 65.4 cm³/mol. The summed E-state index contributed by atoms with van der Waals surface area (Å²) in [5, 5.41) is 13.4. The highest BCUT2D eigenvalue weighted by atomic mass is 16.2. The van der Waals surface area contributed by atoms with E-state index in [0.717, 1.165) is 12.4 Å². The summed E-state index contributed by atoms with van der Waals surface area (Å²) in [5.74, 6) is 1.18. The van der Waals surface area contributed by atoms with Gasteiger partial charge in [0, 0.05) is 12.6 Å². The molecule has 6 heteroatoms. The summed E-state index contributed by atoms with van der Waals surface area (Å²) in [6, 6.07) is -0.0177. The Morgan fingerprint density at radius 3 is 2.76 bits per heavy atom. The van der Waals surface area contributed by atoms with Crippen LogP contribution in [0.25, 0.3) is 0 Å². The average molecular weight is 239 g/mol. The molecule has 0 aliphatic carbocycles. The van der Waals surface area contributed by atoms with Crippen molar-refractivity contribution in [3.63, 3.8) is 0 Å².